The summed E-state index contributed by atoms with van der Waals surface area (Å²) < 4.78 is 22.3. The highest BCUT2D eigenvalue weighted by molar-refractivity contribution is 5.91. The van der Waals surface area contributed by atoms with Gasteiger partial charge in [-0.2, -0.15) is 5.26 Å². The highest BCUT2D eigenvalue weighted by Gasteiger charge is 2.25. The van der Waals surface area contributed by atoms with Gasteiger partial charge >= 0.3 is 0 Å². The van der Waals surface area contributed by atoms with Crippen LogP contribution in [-0.4, -0.2) is 59.8 Å². The fourth-order valence-corrected chi connectivity index (χ4v) is 5.18. The molecule has 0 atom stereocenters. The number of hydrogen-bond acceptors (Lipinski definition) is 7. The Morgan fingerprint density at radius 2 is 1.70 bits per heavy atom. The Bertz CT molecular complexity index is 1460. The molecular formula is C28H28FN7O. The number of piperidine rings is 1. The van der Waals surface area contributed by atoms with E-state index < -0.39 is 5.82 Å². The molecule has 2 aromatic carbocycles. The predicted molar refractivity (Wildman–Crippen MR) is 141 cm³/mol. The molecule has 4 aromatic rings. The number of benzene rings is 2. The van der Waals surface area contributed by atoms with Crippen molar-refractivity contribution in [3.05, 3.63) is 66.2 Å². The van der Waals surface area contributed by atoms with Gasteiger partial charge in [-0.1, -0.05) is 18.2 Å². The van der Waals surface area contributed by atoms with Crippen LogP contribution in [0, 0.1) is 17.1 Å². The summed E-state index contributed by atoms with van der Waals surface area (Å²) in [6.07, 6.45) is 5.44. The molecule has 188 valence electrons. The molecule has 2 aromatic heterocycles. The Kier molecular flexibility index (Phi) is 6.20. The lowest BCUT2D eigenvalue weighted by Gasteiger charge is -2.32. The number of imidazole rings is 1. The number of nitrogens with two attached hydrogens (primary N) is 1. The van der Waals surface area contributed by atoms with Gasteiger partial charge in [-0.3, -0.25) is 4.40 Å². The molecule has 0 aliphatic carbocycles. The number of morpholine rings is 1. The Morgan fingerprint density at radius 3 is 2.41 bits per heavy atom. The van der Waals surface area contributed by atoms with E-state index in [1.807, 2.05) is 16.7 Å². The van der Waals surface area contributed by atoms with Gasteiger partial charge < -0.3 is 20.3 Å². The smallest absolute Gasteiger partial charge is 0.211 e. The van der Waals surface area contributed by atoms with Crippen molar-refractivity contribution in [2.75, 3.05) is 49.2 Å². The van der Waals surface area contributed by atoms with Gasteiger partial charge in [-0.05, 0) is 42.7 Å². The third-order valence-electron chi connectivity index (χ3n) is 7.25. The molecule has 0 saturated carbocycles. The first-order valence-electron chi connectivity index (χ1n) is 12.6. The van der Waals surface area contributed by atoms with Crippen LogP contribution in [0.25, 0.3) is 28.0 Å². The van der Waals surface area contributed by atoms with Crippen LogP contribution >= 0.6 is 0 Å². The van der Waals surface area contributed by atoms with Crippen molar-refractivity contribution in [1.29, 1.82) is 5.26 Å². The van der Waals surface area contributed by atoms with E-state index in [2.05, 4.69) is 34.1 Å². The minimum Gasteiger partial charge on any atom is -0.378 e. The van der Waals surface area contributed by atoms with Crippen LogP contribution in [0.2, 0.25) is 0 Å². The number of fused-ring (bicyclic) bond motifs is 1. The third-order valence-corrected chi connectivity index (χ3v) is 7.25. The van der Waals surface area contributed by atoms with E-state index in [0.717, 1.165) is 80.6 Å². The zero-order valence-corrected chi connectivity index (χ0v) is 20.5. The average molecular weight is 498 g/mol. The first-order chi connectivity index (χ1) is 18.1. The van der Waals surface area contributed by atoms with Gasteiger partial charge in [-0.25, -0.2) is 14.4 Å². The molecular weight excluding hydrogens is 469 g/mol. The van der Waals surface area contributed by atoms with Crippen molar-refractivity contribution in [1.82, 2.24) is 14.4 Å². The van der Waals surface area contributed by atoms with Crippen molar-refractivity contribution < 1.29 is 9.13 Å². The first kappa shape index (κ1) is 23.4. The number of rotatable bonds is 4. The van der Waals surface area contributed by atoms with Crippen LogP contribution in [0.1, 0.15) is 18.4 Å². The molecule has 0 amide bonds. The summed E-state index contributed by atoms with van der Waals surface area (Å²) in [6.45, 7) is 4.73. The van der Waals surface area contributed by atoms with E-state index >= 15 is 0 Å². The molecule has 2 fully saturated rings. The number of ether oxygens (including phenoxy) is 1. The lowest BCUT2D eigenvalue weighted by molar-refractivity contribution is 0.122. The molecule has 2 aliphatic heterocycles. The van der Waals surface area contributed by atoms with E-state index in [0.29, 0.717) is 11.3 Å². The summed E-state index contributed by atoms with van der Waals surface area (Å²) in [5, 5.41) is 9.25. The van der Waals surface area contributed by atoms with Crippen molar-refractivity contribution in [2.24, 2.45) is 5.73 Å². The second kappa shape index (κ2) is 9.81. The summed E-state index contributed by atoms with van der Waals surface area (Å²) in [4.78, 5) is 14.3. The molecule has 6 rings (SSSR count). The van der Waals surface area contributed by atoms with Gasteiger partial charge in [0.05, 0.1) is 30.0 Å². The number of nitrogens with zero attached hydrogens (tertiary/aromatic N) is 6. The van der Waals surface area contributed by atoms with E-state index in [4.69, 9.17) is 20.4 Å². The SMILES string of the molecule is N#Cc1ccc(-c2nc(N3CCC(N)CC3)n3ccnc3c2-c2ccc(N3CCOCC3)cc2)cc1F. The molecule has 8 nitrogen and oxygen atoms in total. The van der Waals surface area contributed by atoms with Crippen LogP contribution in [0.4, 0.5) is 16.0 Å². The summed E-state index contributed by atoms with van der Waals surface area (Å²) in [5.74, 6) is 0.192. The van der Waals surface area contributed by atoms with E-state index in [-0.39, 0.29) is 11.6 Å². The number of aromatic nitrogens is 3. The topological polar surface area (TPSA) is 95.7 Å². The number of hydrogen-bond donors (Lipinski definition) is 1. The zero-order valence-electron chi connectivity index (χ0n) is 20.5. The van der Waals surface area contributed by atoms with E-state index in [1.54, 1.807) is 12.3 Å². The van der Waals surface area contributed by atoms with Crippen molar-refractivity contribution in [2.45, 2.75) is 18.9 Å². The van der Waals surface area contributed by atoms with E-state index in [9.17, 15) is 9.65 Å². The maximum absolute atomic E-state index is 14.8. The van der Waals surface area contributed by atoms with Crippen LogP contribution < -0.4 is 15.5 Å². The van der Waals surface area contributed by atoms with Crippen LogP contribution in [0.3, 0.4) is 0 Å². The summed E-state index contributed by atoms with van der Waals surface area (Å²) in [5.41, 5.74) is 11.0. The van der Waals surface area contributed by atoms with Crippen molar-refractivity contribution in [3.63, 3.8) is 0 Å². The standard InChI is InChI=1S/C28H28FN7O/c29-24-17-20(1-2-21(24)18-30)26-25(19-3-5-23(6-4-19)34-13-15-37-16-14-34)27-32-9-12-36(27)28(33-26)35-10-7-22(31)8-11-35/h1-6,9,12,17,22H,7-8,10-11,13-16,31H2. The number of nitriles is 1. The van der Waals surface area contributed by atoms with Gasteiger partial charge in [0.15, 0.2) is 0 Å². The summed E-state index contributed by atoms with van der Waals surface area (Å²) in [7, 11) is 0. The normalized spacial score (nSPS) is 16.8. The molecule has 37 heavy (non-hydrogen) atoms. The molecule has 2 saturated heterocycles. The monoisotopic (exact) mass is 497 g/mol. The van der Waals surface area contributed by atoms with Crippen molar-refractivity contribution >= 4 is 17.3 Å². The molecule has 9 heteroatoms. The van der Waals surface area contributed by atoms with Gasteiger partial charge in [0, 0.05) is 55.9 Å². The highest BCUT2D eigenvalue weighted by atomic mass is 19.1. The molecule has 0 unspecified atom stereocenters. The van der Waals surface area contributed by atoms with E-state index in [1.165, 1.54) is 12.1 Å². The van der Waals surface area contributed by atoms with Gasteiger partial charge in [0.2, 0.25) is 5.95 Å². The molecule has 4 heterocycles. The van der Waals surface area contributed by atoms with Gasteiger partial charge in [-0.15, -0.1) is 0 Å². The largest absolute Gasteiger partial charge is 0.378 e. The fourth-order valence-electron chi connectivity index (χ4n) is 5.18. The van der Waals surface area contributed by atoms with Crippen LogP contribution in [0.15, 0.2) is 54.9 Å². The average Bonchev–Trinajstić information content (AvgIpc) is 3.43. The Hall–Kier alpha value is -4.00. The Labute approximate surface area is 214 Å². The second-order valence-electron chi connectivity index (χ2n) is 9.53. The Balaban J connectivity index is 1.51. The molecule has 2 aliphatic rings. The summed E-state index contributed by atoms with van der Waals surface area (Å²) >= 11 is 0. The van der Waals surface area contributed by atoms with Crippen LogP contribution in [-0.2, 0) is 4.74 Å². The molecule has 0 spiro atoms. The molecule has 0 bridgehead atoms. The Morgan fingerprint density at radius 1 is 0.973 bits per heavy atom. The maximum Gasteiger partial charge on any atom is 0.211 e. The van der Waals surface area contributed by atoms with Gasteiger partial charge in [0.1, 0.15) is 17.5 Å². The summed E-state index contributed by atoms with van der Waals surface area (Å²) in [6, 6.07) is 15.1. The van der Waals surface area contributed by atoms with Crippen LogP contribution in [0.5, 0.6) is 0 Å². The second-order valence-corrected chi connectivity index (χ2v) is 9.53. The number of anilines is 2. The molecule has 2 N–H and O–H groups in total. The van der Waals surface area contributed by atoms with Crippen molar-refractivity contribution in [3.8, 4) is 28.5 Å². The lowest BCUT2D eigenvalue weighted by atomic mass is 9.98. The zero-order chi connectivity index (χ0) is 25.4. The highest BCUT2D eigenvalue weighted by Crippen LogP contribution is 2.37. The molecule has 0 radical (unpaired) electrons. The minimum atomic E-state index is -0.566. The maximum atomic E-state index is 14.8. The quantitative estimate of drug-likeness (QED) is 0.458. The first-order valence-corrected chi connectivity index (χ1v) is 12.6. The predicted octanol–water partition coefficient (Wildman–Crippen LogP) is 3.84. The lowest BCUT2D eigenvalue weighted by Crippen LogP contribution is -2.40. The number of halogens is 1. The third kappa shape index (κ3) is 4.39. The minimum absolute atomic E-state index is 0.00675. The fraction of sp³-hybridized carbons (Fsp3) is 0.321. The van der Waals surface area contributed by atoms with Gasteiger partial charge in [0.25, 0.3) is 0 Å².